The highest BCUT2D eigenvalue weighted by Gasteiger charge is 2.40. The molecule has 80 valence electrons. The van der Waals surface area contributed by atoms with Crippen LogP contribution in [0.3, 0.4) is 0 Å². The van der Waals surface area contributed by atoms with Gasteiger partial charge in [0.15, 0.2) is 0 Å². The summed E-state index contributed by atoms with van der Waals surface area (Å²) in [5.41, 5.74) is -0.366. The monoisotopic (exact) mass is 210 g/mol. The second-order valence-electron chi connectivity index (χ2n) is 4.01. The van der Waals surface area contributed by atoms with Crippen molar-refractivity contribution in [3.63, 3.8) is 0 Å². The first-order valence-electron chi connectivity index (χ1n) is 4.16. The third kappa shape index (κ3) is 3.39. The van der Waals surface area contributed by atoms with Crippen LogP contribution in [-0.2, 0) is 18.7 Å². The van der Waals surface area contributed by atoms with Crippen molar-refractivity contribution in [2.75, 3.05) is 14.2 Å². The lowest BCUT2D eigenvalue weighted by molar-refractivity contribution is -0.188. The molecule has 0 fully saturated rings. The fraction of sp³-hybridized carbons (Fsp3) is 1.00. The van der Waals surface area contributed by atoms with Crippen molar-refractivity contribution < 1.29 is 18.7 Å². The van der Waals surface area contributed by atoms with Gasteiger partial charge >= 0.3 is 7.60 Å². The number of hydrogen-bond acceptors (Lipinski definition) is 4. The van der Waals surface area contributed by atoms with Gasteiger partial charge < -0.3 is 4.52 Å². The molecule has 0 rings (SSSR count). The summed E-state index contributed by atoms with van der Waals surface area (Å²) >= 11 is 0. The third-order valence-electron chi connectivity index (χ3n) is 2.16. The molecule has 0 radical (unpaired) electrons. The van der Waals surface area contributed by atoms with Crippen molar-refractivity contribution in [3.05, 3.63) is 0 Å². The van der Waals surface area contributed by atoms with Gasteiger partial charge in [-0.1, -0.05) is 27.7 Å². The van der Waals surface area contributed by atoms with Crippen LogP contribution >= 0.6 is 7.60 Å². The first-order chi connectivity index (χ1) is 5.78. The minimum absolute atomic E-state index is 0.149. The molecule has 0 aromatic heterocycles. The molecule has 2 unspecified atom stereocenters. The van der Waals surface area contributed by atoms with Crippen LogP contribution in [0, 0.1) is 5.41 Å². The lowest BCUT2D eigenvalue weighted by Crippen LogP contribution is -2.24. The maximum atomic E-state index is 12.0. The molecule has 0 bridgehead atoms. The minimum Gasteiger partial charge on any atom is -0.310 e. The van der Waals surface area contributed by atoms with Crippen molar-refractivity contribution in [1.82, 2.24) is 0 Å². The molecule has 0 saturated carbocycles. The summed E-state index contributed by atoms with van der Waals surface area (Å²) in [6, 6.07) is 0. The van der Waals surface area contributed by atoms with E-state index in [0.29, 0.717) is 0 Å². The van der Waals surface area contributed by atoms with Crippen LogP contribution in [0.1, 0.15) is 27.7 Å². The van der Waals surface area contributed by atoms with Gasteiger partial charge in [-0.2, -0.15) is 0 Å². The van der Waals surface area contributed by atoms with Crippen molar-refractivity contribution in [2.45, 2.75) is 33.4 Å². The van der Waals surface area contributed by atoms with Gasteiger partial charge in [-0.05, 0) is 5.41 Å². The van der Waals surface area contributed by atoms with Gasteiger partial charge in [0.05, 0.1) is 12.8 Å². The summed E-state index contributed by atoms with van der Waals surface area (Å²) < 4.78 is 21.5. The predicted molar refractivity (Wildman–Crippen MR) is 51.6 cm³/mol. The summed E-state index contributed by atoms with van der Waals surface area (Å²) in [5.74, 6) is 0. The molecule has 0 aliphatic rings. The molecule has 0 aromatic carbocycles. The van der Waals surface area contributed by atoms with Gasteiger partial charge in [0, 0.05) is 7.11 Å². The molecule has 0 N–H and O–H groups in total. The van der Waals surface area contributed by atoms with Crippen LogP contribution < -0.4 is 0 Å². The maximum absolute atomic E-state index is 12.0. The van der Waals surface area contributed by atoms with Crippen LogP contribution in [0.4, 0.5) is 0 Å². The standard InChI is InChI=1S/C8H19O4P/c1-7(8(2,3)4)13(9,11-6)12-10-5/h7H,1-6H3. The fourth-order valence-corrected chi connectivity index (χ4v) is 2.49. The summed E-state index contributed by atoms with van der Waals surface area (Å²) in [5, 5.41) is 0. The molecule has 4 nitrogen and oxygen atoms in total. The molecule has 5 heteroatoms. The molecule has 2 atom stereocenters. The molecular weight excluding hydrogens is 191 g/mol. The highest BCUT2D eigenvalue weighted by atomic mass is 31.2. The van der Waals surface area contributed by atoms with Crippen LogP contribution in [0.2, 0.25) is 0 Å². The molecule has 0 aliphatic heterocycles. The average Bonchev–Trinajstić information content (AvgIpc) is 2.02. The topological polar surface area (TPSA) is 44.8 Å². The minimum atomic E-state index is -3.14. The van der Waals surface area contributed by atoms with Gasteiger partial charge in [0.2, 0.25) is 0 Å². The van der Waals surface area contributed by atoms with E-state index in [2.05, 4.69) is 4.89 Å². The maximum Gasteiger partial charge on any atom is 0.360 e. The Morgan fingerprint density at radius 1 is 1.23 bits per heavy atom. The van der Waals surface area contributed by atoms with Crippen molar-refractivity contribution in [1.29, 1.82) is 0 Å². The third-order valence-corrected chi connectivity index (χ3v) is 4.75. The molecule has 0 aromatic rings. The Morgan fingerprint density at radius 2 is 1.69 bits per heavy atom. The Hall–Kier alpha value is 0.110. The van der Waals surface area contributed by atoms with E-state index in [0.717, 1.165) is 0 Å². The van der Waals surface area contributed by atoms with Gasteiger partial charge in [-0.25, -0.2) is 4.89 Å². The Morgan fingerprint density at radius 3 is 1.92 bits per heavy atom. The van der Waals surface area contributed by atoms with E-state index in [9.17, 15) is 4.57 Å². The fourth-order valence-electron chi connectivity index (χ4n) is 0.831. The molecule has 13 heavy (non-hydrogen) atoms. The zero-order valence-electron chi connectivity index (χ0n) is 9.16. The van der Waals surface area contributed by atoms with Crippen LogP contribution in [-0.4, -0.2) is 19.9 Å². The molecule has 0 aliphatic carbocycles. The Bertz CT molecular complexity index is 197. The molecular formula is C8H19O4P. The van der Waals surface area contributed by atoms with Gasteiger partial charge in [-0.15, -0.1) is 4.67 Å². The highest BCUT2D eigenvalue weighted by molar-refractivity contribution is 7.54. The first-order valence-corrected chi connectivity index (χ1v) is 5.77. The van der Waals surface area contributed by atoms with E-state index >= 15 is 0 Å². The zero-order chi connectivity index (χ0) is 10.7. The Balaban J connectivity index is 4.67. The van der Waals surface area contributed by atoms with E-state index in [-0.39, 0.29) is 11.1 Å². The van der Waals surface area contributed by atoms with E-state index in [4.69, 9.17) is 9.20 Å². The number of hydrogen-bond donors (Lipinski definition) is 0. The Labute approximate surface area is 80.0 Å². The predicted octanol–water partition coefficient (Wildman–Crippen LogP) is 2.84. The van der Waals surface area contributed by atoms with E-state index in [1.807, 2.05) is 27.7 Å². The smallest absolute Gasteiger partial charge is 0.310 e. The van der Waals surface area contributed by atoms with Gasteiger partial charge in [-0.3, -0.25) is 4.57 Å². The summed E-state index contributed by atoms with van der Waals surface area (Å²) in [4.78, 5) is 4.43. The van der Waals surface area contributed by atoms with Gasteiger partial charge in [0.1, 0.15) is 0 Å². The van der Waals surface area contributed by atoms with E-state index in [1.165, 1.54) is 14.2 Å². The first kappa shape index (κ1) is 13.1. The second kappa shape index (κ2) is 4.56. The van der Waals surface area contributed by atoms with Crippen LogP contribution in [0.5, 0.6) is 0 Å². The molecule has 0 amide bonds. The summed E-state index contributed by atoms with van der Waals surface area (Å²) in [6.45, 7) is 7.75. The quantitative estimate of drug-likeness (QED) is 0.406. The Kier molecular flexibility index (Phi) is 4.60. The largest absolute Gasteiger partial charge is 0.360 e. The number of rotatable bonds is 4. The van der Waals surface area contributed by atoms with E-state index < -0.39 is 7.60 Å². The molecule has 0 spiro atoms. The summed E-state index contributed by atoms with van der Waals surface area (Å²) in [6.07, 6.45) is 0. The lowest BCUT2D eigenvalue weighted by atomic mass is 9.93. The second-order valence-corrected chi connectivity index (χ2v) is 6.37. The highest BCUT2D eigenvalue weighted by Crippen LogP contribution is 2.57. The van der Waals surface area contributed by atoms with Crippen LogP contribution in [0.25, 0.3) is 0 Å². The normalized spacial score (nSPS) is 19.5. The average molecular weight is 210 g/mol. The molecule has 0 saturated heterocycles. The molecule has 0 heterocycles. The summed E-state index contributed by atoms with van der Waals surface area (Å²) in [7, 11) is -0.451. The zero-order valence-corrected chi connectivity index (χ0v) is 10.1. The van der Waals surface area contributed by atoms with Crippen molar-refractivity contribution >= 4 is 7.60 Å². The van der Waals surface area contributed by atoms with Gasteiger partial charge in [0.25, 0.3) is 0 Å². The van der Waals surface area contributed by atoms with Crippen LogP contribution in [0.15, 0.2) is 0 Å². The van der Waals surface area contributed by atoms with Crippen molar-refractivity contribution in [2.24, 2.45) is 5.41 Å². The SMILES string of the molecule is COOP(=O)(OC)C(C)C(C)(C)C. The van der Waals surface area contributed by atoms with Crippen molar-refractivity contribution in [3.8, 4) is 0 Å². The van der Waals surface area contributed by atoms with E-state index in [1.54, 1.807) is 0 Å². The lowest BCUT2D eigenvalue weighted by Gasteiger charge is -2.31.